The largest absolute Gasteiger partial charge is 0.515 e. The van der Waals surface area contributed by atoms with Crippen LogP contribution in [0.25, 0.3) is 0 Å². The number of likely N-dealkylation sites (tertiary alicyclic amines) is 2. The maximum atomic E-state index is 13.8. The predicted octanol–water partition coefficient (Wildman–Crippen LogP) is 4.55. The van der Waals surface area contributed by atoms with Crippen LogP contribution < -0.4 is 5.32 Å². The topological polar surface area (TPSA) is 96.4 Å². The van der Waals surface area contributed by atoms with Crippen molar-refractivity contribution in [2.75, 3.05) is 64.7 Å². The molecule has 2 N–H and O–H groups in total. The highest BCUT2D eigenvalue weighted by Crippen LogP contribution is 2.46. The number of anilines is 1. The summed E-state index contributed by atoms with van der Waals surface area (Å²) in [6.07, 6.45) is 3.75. The van der Waals surface area contributed by atoms with E-state index in [4.69, 9.17) is 0 Å². The van der Waals surface area contributed by atoms with Crippen molar-refractivity contribution in [2.45, 2.75) is 76.7 Å². The number of rotatable bonds is 7. The minimum atomic E-state index is -0.985. The Balaban J connectivity index is 1.35. The van der Waals surface area contributed by atoms with E-state index >= 15 is 0 Å². The van der Waals surface area contributed by atoms with Gasteiger partial charge < -0.3 is 25.0 Å². The lowest BCUT2D eigenvalue weighted by Gasteiger charge is -2.59. The average Bonchev–Trinajstić information content (AvgIpc) is 3.20. The lowest BCUT2D eigenvalue weighted by Crippen LogP contribution is -2.78. The predicted molar refractivity (Wildman–Crippen MR) is 179 cm³/mol. The Morgan fingerprint density at radius 1 is 0.978 bits per heavy atom. The highest BCUT2D eigenvalue weighted by Gasteiger charge is 2.64. The van der Waals surface area contributed by atoms with Crippen LogP contribution in [0.5, 0.6) is 0 Å². The van der Waals surface area contributed by atoms with E-state index in [1.54, 1.807) is 0 Å². The minimum absolute atomic E-state index is 0.107. The second-order valence-corrected chi connectivity index (χ2v) is 14.2. The molecule has 4 aliphatic heterocycles. The summed E-state index contributed by atoms with van der Waals surface area (Å²) in [4.78, 5) is 49.5. The van der Waals surface area contributed by atoms with Crippen molar-refractivity contribution < 1.29 is 24.0 Å². The van der Waals surface area contributed by atoms with Crippen molar-refractivity contribution in [1.82, 2.24) is 19.6 Å². The molecule has 10 heteroatoms. The number of aryl methyl sites for hydroxylation is 2. The average molecular weight is 632 g/mol. The fraction of sp³-hybridized carbons (Fsp3) is 0.583. The monoisotopic (exact) mass is 631 g/mol. The van der Waals surface area contributed by atoms with E-state index in [-0.39, 0.29) is 23.0 Å². The van der Waals surface area contributed by atoms with Crippen molar-refractivity contribution in [1.29, 1.82) is 0 Å². The number of carbonyl (C=O) groups excluding carboxylic acids is 2. The zero-order valence-electron chi connectivity index (χ0n) is 27.8. The summed E-state index contributed by atoms with van der Waals surface area (Å²) >= 11 is 0. The van der Waals surface area contributed by atoms with Crippen molar-refractivity contribution >= 4 is 24.1 Å². The number of quaternary nitrogens is 1. The quantitative estimate of drug-likeness (QED) is 0.342. The second-order valence-electron chi connectivity index (χ2n) is 14.2. The first kappa shape index (κ1) is 32.6. The number of fused-ring (bicyclic) bond motifs is 1. The number of piperazine rings is 1. The third kappa shape index (κ3) is 6.20. The van der Waals surface area contributed by atoms with Crippen LogP contribution in [0.4, 0.5) is 15.3 Å². The van der Waals surface area contributed by atoms with Crippen molar-refractivity contribution in [3.05, 3.63) is 64.7 Å². The Morgan fingerprint density at radius 2 is 1.67 bits per heavy atom. The van der Waals surface area contributed by atoms with E-state index in [1.165, 1.54) is 0 Å². The molecule has 6 rings (SSSR count). The van der Waals surface area contributed by atoms with Gasteiger partial charge in [-0.3, -0.25) is 9.80 Å². The molecule has 4 heterocycles. The standard InChI is InChI=1S/C36H50N6O4/c1-27-22-28(2)24-29(23-27)26-42(35(45)46)20-11-32(41-15-8-30-6-4-5-7-33(30)37-34(41)44)25-36(42,12-21-43)40-13-9-31(10-14-40)39-18-16-38(3)17-19-39/h4-7,21-24,31-32H,8-20,25-26H2,1-3H3,(H-,37,44,45,46)/p+1/t32?,36?,42-/m0/s1. The zero-order valence-corrected chi connectivity index (χ0v) is 27.8. The maximum Gasteiger partial charge on any atom is 0.515 e. The van der Waals surface area contributed by atoms with E-state index in [0.717, 1.165) is 92.8 Å². The van der Waals surface area contributed by atoms with Gasteiger partial charge in [-0.1, -0.05) is 47.5 Å². The number of hydrogen-bond donors (Lipinski definition) is 2. The first-order valence-corrected chi connectivity index (χ1v) is 17.1. The summed E-state index contributed by atoms with van der Waals surface area (Å²) in [6, 6.07) is 14.3. The number of hydrogen-bond acceptors (Lipinski definition) is 6. The lowest BCUT2D eigenvalue weighted by atomic mass is 9.81. The summed E-state index contributed by atoms with van der Waals surface area (Å²) in [5, 5.41) is 14.4. The molecule has 2 aromatic carbocycles. The summed E-state index contributed by atoms with van der Waals surface area (Å²) in [7, 11) is 2.17. The van der Waals surface area contributed by atoms with Gasteiger partial charge in [-0.25, -0.2) is 9.28 Å². The van der Waals surface area contributed by atoms with Crippen LogP contribution >= 0.6 is 0 Å². The van der Waals surface area contributed by atoms with E-state index in [1.807, 2.05) is 36.9 Å². The highest BCUT2D eigenvalue weighted by atomic mass is 16.4. The number of amides is 3. The number of piperidine rings is 2. The van der Waals surface area contributed by atoms with Gasteiger partial charge in [0, 0.05) is 82.0 Å². The fourth-order valence-corrected chi connectivity index (χ4v) is 9.03. The molecule has 248 valence electrons. The molecule has 3 fully saturated rings. The Bertz CT molecular complexity index is 1420. The molecule has 4 aliphatic rings. The number of nitrogens with zero attached hydrogens (tertiary/aromatic N) is 5. The van der Waals surface area contributed by atoms with Gasteiger partial charge in [-0.15, -0.1) is 0 Å². The molecule has 2 aromatic rings. The molecular formula is C36H51N6O4+. The number of carboxylic acid groups (broad SMARTS) is 1. The molecule has 0 aliphatic carbocycles. The van der Waals surface area contributed by atoms with Crippen LogP contribution in [-0.2, 0) is 17.8 Å². The lowest BCUT2D eigenvalue weighted by molar-refractivity contribution is -0.942. The summed E-state index contributed by atoms with van der Waals surface area (Å²) in [5.74, 6) is 0. The molecule has 2 unspecified atom stereocenters. The van der Waals surface area contributed by atoms with Crippen molar-refractivity contribution in [2.24, 2.45) is 0 Å². The van der Waals surface area contributed by atoms with Crippen LogP contribution in [0.1, 0.15) is 54.4 Å². The maximum absolute atomic E-state index is 13.8. The van der Waals surface area contributed by atoms with Gasteiger partial charge in [-0.2, -0.15) is 4.79 Å². The highest BCUT2D eigenvalue weighted by molar-refractivity contribution is 5.91. The molecule has 3 saturated heterocycles. The Kier molecular flexibility index (Phi) is 9.53. The number of likely N-dealkylation sites (N-methyl/N-ethyl adjacent to an activating group) is 1. The van der Waals surface area contributed by atoms with Gasteiger partial charge >= 0.3 is 12.1 Å². The van der Waals surface area contributed by atoms with Gasteiger partial charge in [0.1, 0.15) is 12.8 Å². The Labute approximate surface area is 273 Å². The number of benzene rings is 2. The van der Waals surface area contributed by atoms with E-state index in [2.05, 4.69) is 51.3 Å². The van der Waals surface area contributed by atoms with E-state index in [0.29, 0.717) is 38.5 Å². The number of para-hydroxylation sites is 1. The molecule has 3 atom stereocenters. The summed E-state index contributed by atoms with van der Waals surface area (Å²) in [5.41, 5.74) is 4.13. The normalized spacial score (nSPS) is 28.7. The molecule has 0 saturated carbocycles. The van der Waals surface area contributed by atoms with Crippen molar-refractivity contribution in [3.63, 3.8) is 0 Å². The molecule has 0 radical (unpaired) electrons. The third-order valence-corrected chi connectivity index (χ3v) is 11.4. The third-order valence-electron chi connectivity index (χ3n) is 11.4. The van der Waals surface area contributed by atoms with Crippen LogP contribution in [0.3, 0.4) is 0 Å². The van der Waals surface area contributed by atoms with E-state index < -0.39 is 11.8 Å². The summed E-state index contributed by atoms with van der Waals surface area (Å²) < 4.78 is -0.222. The van der Waals surface area contributed by atoms with Crippen LogP contribution in [0.15, 0.2) is 42.5 Å². The molecular weight excluding hydrogens is 580 g/mol. The molecule has 3 amide bonds. The zero-order chi connectivity index (χ0) is 32.5. The molecule has 10 nitrogen and oxygen atoms in total. The van der Waals surface area contributed by atoms with Gasteiger partial charge in [0.15, 0.2) is 5.66 Å². The molecule has 46 heavy (non-hydrogen) atoms. The van der Waals surface area contributed by atoms with Gasteiger partial charge in [-0.05, 0) is 51.8 Å². The SMILES string of the molecule is Cc1cc(C)cc(C[N@+]2(C(=O)O)CCC(N3CCc4ccccc4NC3=O)CC2(CC=O)N2CCC(N3CCN(C)CC3)CC2)c1. The first-order chi connectivity index (χ1) is 22.1. The first-order valence-electron chi connectivity index (χ1n) is 17.1. The molecule has 0 bridgehead atoms. The smallest absolute Gasteiger partial charge is 0.435 e. The van der Waals surface area contributed by atoms with Gasteiger partial charge in [0.05, 0.1) is 13.0 Å². The Morgan fingerprint density at radius 3 is 2.35 bits per heavy atom. The number of nitrogens with one attached hydrogen (secondary N) is 1. The number of urea groups is 1. The summed E-state index contributed by atoms with van der Waals surface area (Å²) in [6.45, 7) is 11.0. The van der Waals surface area contributed by atoms with Gasteiger partial charge in [0.2, 0.25) is 0 Å². The van der Waals surface area contributed by atoms with E-state index in [9.17, 15) is 19.5 Å². The fourth-order valence-electron chi connectivity index (χ4n) is 9.03. The van der Waals surface area contributed by atoms with Crippen LogP contribution in [0.2, 0.25) is 0 Å². The Hall–Kier alpha value is -3.31. The molecule has 0 spiro atoms. The van der Waals surface area contributed by atoms with Crippen LogP contribution in [0, 0.1) is 13.8 Å². The van der Waals surface area contributed by atoms with Crippen LogP contribution in [-0.4, -0.2) is 125 Å². The van der Waals surface area contributed by atoms with Gasteiger partial charge in [0.25, 0.3) is 0 Å². The number of aldehydes is 1. The van der Waals surface area contributed by atoms with Crippen molar-refractivity contribution in [3.8, 4) is 0 Å². The molecule has 0 aromatic heterocycles. The minimum Gasteiger partial charge on any atom is -0.435 e. The number of carbonyl (C=O) groups is 3. The second kappa shape index (κ2) is 13.4.